The third-order valence-electron chi connectivity index (χ3n) is 4.95. The Morgan fingerprint density at radius 1 is 1.07 bits per heavy atom. The summed E-state index contributed by atoms with van der Waals surface area (Å²) < 4.78 is 6.25. The first-order valence-electron chi connectivity index (χ1n) is 9.17. The second-order valence-electron chi connectivity index (χ2n) is 6.90. The number of benzene rings is 2. The van der Waals surface area contributed by atoms with E-state index in [0.29, 0.717) is 23.2 Å². The van der Waals surface area contributed by atoms with Crippen LogP contribution >= 0.6 is 35.6 Å². The number of likely N-dealkylation sites (tertiary alicyclic amines) is 1. The largest absolute Gasteiger partial charge is 0.369 e. The summed E-state index contributed by atoms with van der Waals surface area (Å²) in [7, 11) is 0. The van der Waals surface area contributed by atoms with Gasteiger partial charge in [-0.25, -0.2) is 0 Å². The summed E-state index contributed by atoms with van der Waals surface area (Å²) >= 11 is 12.1. The van der Waals surface area contributed by atoms with E-state index in [-0.39, 0.29) is 30.3 Å². The molecule has 2 aromatic carbocycles. The van der Waals surface area contributed by atoms with Crippen molar-refractivity contribution in [1.29, 1.82) is 0 Å². The van der Waals surface area contributed by atoms with E-state index >= 15 is 0 Å². The molecule has 1 fully saturated rings. The Morgan fingerprint density at radius 2 is 1.61 bits per heavy atom. The molecule has 0 aliphatic carbocycles. The summed E-state index contributed by atoms with van der Waals surface area (Å²) in [6.07, 6.45) is 1.67. The molecule has 1 aliphatic heterocycles. The zero-order valence-corrected chi connectivity index (χ0v) is 17.8. The summed E-state index contributed by atoms with van der Waals surface area (Å²) in [4.78, 5) is 13.7. The number of piperidine rings is 1. The zero-order chi connectivity index (χ0) is 19.2. The third-order valence-corrected chi connectivity index (χ3v) is 5.45. The molecular formula is C21H25Cl3N2O2. The molecular weight excluding hydrogens is 419 g/mol. The fourth-order valence-electron chi connectivity index (χ4n) is 3.45. The van der Waals surface area contributed by atoms with Gasteiger partial charge in [0, 0.05) is 23.1 Å². The monoisotopic (exact) mass is 442 g/mol. The number of hydrogen-bond acceptors (Lipinski definition) is 3. The first-order valence-corrected chi connectivity index (χ1v) is 9.93. The lowest BCUT2D eigenvalue weighted by Crippen LogP contribution is -2.42. The lowest BCUT2D eigenvalue weighted by molar-refractivity contribution is -0.123. The maximum Gasteiger partial charge on any atom is 0.221 e. The number of primary amides is 1. The van der Waals surface area contributed by atoms with Crippen LogP contribution in [0.25, 0.3) is 0 Å². The standard InChI is InChI=1S/C21H24Cl2N2O2.ClH/c22-18-7-3-15(4-8-18)20(16-5-9-19(23)10-6-16)27-13-12-25-11-1-2-17(14-25)21(24)26;/h3-10,17,20H,1-2,11-14H2,(H2,24,26);1H. The number of nitrogens with two attached hydrogens (primary N) is 1. The molecule has 1 unspecified atom stereocenters. The van der Waals surface area contributed by atoms with E-state index in [1.54, 1.807) is 0 Å². The van der Waals surface area contributed by atoms with Crippen molar-refractivity contribution >= 4 is 41.5 Å². The Hall–Kier alpha value is -1.30. The zero-order valence-electron chi connectivity index (χ0n) is 15.5. The number of amides is 1. The number of ether oxygens (including phenoxy) is 1. The van der Waals surface area contributed by atoms with Crippen LogP contribution in [0.5, 0.6) is 0 Å². The Kier molecular flexibility index (Phi) is 9.06. The topological polar surface area (TPSA) is 55.6 Å². The van der Waals surface area contributed by atoms with Crippen LogP contribution in [0.3, 0.4) is 0 Å². The van der Waals surface area contributed by atoms with E-state index < -0.39 is 0 Å². The molecule has 0 aromatic heterocycles. The predicted octanol–water partition coefficient (Wildman–Crippen LogP) is 4.72. The van der Waals surface area contributed by atoms with Gasteiger partial charge in [0.25, 0.3) is 0 Å². The molecule has 7 heteroatoms. The van der Waals surface area contributed by atoms with E-state index in [2.05, 4.69) is 4.90 Å². The lowest BCUT2D eigenvalue weighted by atomic mass is 9.97. The normalized spacial score (nSPS) is 17.3. The molecule has 1 heterocycles. The van der Waals surface area contributed by atoms with Gasteiger partial charge in [-0.05, 0) is 54.8 Å². The third kappa shape index (κ3) is 6.36. The number of nitrogens with zero attached hydrogens (tertiary/aromatic N) is 1. The minimum atomic E-state index is -0.208. The molecule has 2 aromatic rings. The molecule has 1 saturated heterocycles. The summed E-state index contributed by atoms with van der Waals surface area (Å²) in [5.41, 5.74) is 7.54. The number of hydrogen-bond donors (Lipinski definition) is 1. The molecule has 3 rings (SSSR count). The van der Waals surface area contributed by atoms with Crippen LogP contribution in [-0.2, 0) is 9.53 Å². The second-order valence-corrected chi connectivity index (χ2v) is 7.77. The molecule has 0 radical (unpaired) electrons. The highest BCUT2D eigenvalue weighted by Crippen LogP contribution is 2.28. The van der Waals surface area contributed by atoms with Crippen molar-refractivity contribution in [2.45, 2.75) is 18.9 Å². The quantitative estimate of drug-likeness (QED) is 0.674. The fraction of sp³-hybridized carbons (Fsp3) is 0.381. The first kappa shape index (κ1) is 23.0. The molecule has 1 aliphatic rings. The number of rotatable bonds is 7. The summed E-state index contributed by atoms with van der Waals surface area (Å²) in [5.74, 6) is -0.261. The maximum atomic E-state index is 11.4. The lowest BCUT2D eigenvalue weighted by Gasteiger charge is -2.31. The number of carbonyl (C=O) groups is 1. The van der Waals surface area contributed by atoms with Gasteiger partial charge < -0.3 is 15.4 Å². The second kappa shape index (κ2) is 11.0. The molecule has 28 heavy (non-hydrogen) atoms. The molecule has 0 bridgehead atoms. The van der Waals surface area contributed by atoms with E-state index in [4.69, 9.17) is 33.7 Å². The summed E-state index contributed by atoms with van der Waals surface area (Å²) in [6, 6.07) is 15.4. The van der Waals surface area contributed by atoms with Crippen molar-refractivity contribution in [3.8, 4) is 0 Å². The highest BCUT2D eigenvalue weighted by atomic mass is 35.5. The summed E-state index contributed by atoms with van der Waals surface area (Å²) in [5, 5.41) is 1.39. The van der Waals surface area contributed by atoms with Crippen molar-refractivity contribution in [2.75, 3.05) is 26.2 Å². The SMILES string of the molecule is Cl.NC(=O)C1CCCN(CCOC(c2ccc(Cl)cc2)c2ccc(Cl)cc2)C1. The van der Waals surface area contributed by atoms with Gasteiger partial charge in [-0.2, -0.15) is 0 Å². The molecule has 0 spiro atoms. The van der Waals surface area contributed by atoms with Crippen LogP contribution in [0.1, 0.15) is 30.1 Å². The van der Waals surface area contributed by atoms with Gasteiger partial charge in [-0.1, -0.05) is 47.5 Å². The van der Waals surface area contributed by atoms with Gasteiger partial charge in [0.05, 0.1) is 12.5 Å². The molecule has 152 valence electrons. The molecule has 2 N–H and O–H groups in total. The highest BCUT2D eigenvalue weighted by Gasteiger charge is 2.24. The number of halogens is 3. The molecule has 4 nitrogen and oxygen atoms in total. The van der Waals surface area contributed by atoms with Crippen LogP contribution in [0, 0.1) is 5.92 Å². The van der Waals surface area contributed by atoms with Crippen LogP contribution in [0.2, 0.25) is 10.0 Å². The van der Waals surface area contributed by atoms with Gasteiger partial charge in [0.2, 0.25) is 5.91 Å². The van der Waals surface area contributed by atoms with Gasteiger partial charge in [0.15, 0.2) is 0 Å². The predicted molar refractivity (Wildman–Crippen MR) is 116 cm³/mol. The van der Waals surface area contributed by atoms with Crippen molar-refractivity contribution in [3.05, 3.63) is 69.7 Å². The first-order chi connectivity index (χ1) is 13.0. The van der Waals surface area contributed by atoms with Crippen LogP contribution in [-0.4, -0.2) is 37.0 Å². The molecule has 1 atom stereocenters. The van der Waals surface area contributed by atoms with E-state index in [1.165, 1.54) is 0 Å². The van der Waals surface area contributed by atoms with Gasteiger partial charge in [-0.3, -0.25) is 4.79 Å². The Bertz CT molecular complexity index is 708. The number of carbonyl (C=O) groups excluding carboxylic acids is 1. The van der Waals surface area contributed by atoms with E-state index in [9.17, 15) is 4.79 Å². The highest BCUT2D eigenvalue weighted by molar-refractivity contribution is 6.30. The smallest absolute Gasteiger partial charge is 0.221 e. The van der Waals surface area contributed by atoms with Crippen molar-refractivity contribution in [1.82, 2.24) is 4.90 Å². The van der Waals surface area contributed by atoms with Gasteiger partial charge in [-0.15, -0.1) is 12.4 Å². The van der Waals surface area contributed by atoms with Crippen molar-refractivity contribution in [3.63, 3.8) is 0 Å². The average molecular weight is 444 g/mol. The van der Waals surface area contributed by atoms with Crippen LogP contribution < -0.4 is 5.73 Å². The van der Waals surface area contributed by atoms with Crippen molar-refractivity contribution in [2.24, 2.45) is 11.7 Å². The average Bonchev–Trinajstić information content (AvgIpc) is 2.67. The van der Waals surface area contributed by atoms with Crippen LogP contribution in [0.15, 0.2) is 48.5 Å². The minimum absolute atomic E-state index is 0. The Balaban J connectivity index is 0.00000280. The summed E-state index contributed by atoms with van der Waals surface area (Å²) in [6.45, 7) is 3.01. The molecule has 0 saturated carbocycles. The Morgan fingerprint density at radius 3 is 2.11 bits per heavy atom. The van der Waals surface area contributed by atoms with Gasteiger partial charge >= 0.3 is 0 Å². The van der Waals surface area contributed by atoms with E-state index in [1.807, 2.05) is 48.5 Å². The van der Waals surface area contributed by atoms with E-state index in [0.717, 1.165) is 37.1 Å². The van der Waals surface area contributed by atoms with Crippen LogP contribution in [0.4, 0.5) is 0 Å². The maximum absolute atomic E-state index is 11.4. The Labute approximate surface area is 182 Å². The van der Waals surface area contributed by atoms with Gasteiger partial charge in [0.1, 0.15) is 6.10 Å². The molecule has 1 amide bonds. The fourth-order valence-corrected chi connectivity index (χ4v) is 3.70. The van der Waals surface area contributed by atoms with Crippen molar-refractivity contribution < 1.29 is 9.53 Å². The minimum Gasteiger partial charge on any atom is -0.369 e.